The zero-order valence-corrected chi connectivity index (χ0v) is 19.1. The van der Waals surface area contributed by atoms with Crippen molar-refractivity contribution in [1.82, 2.24) is 15.3 Å². The summed E-state index contributed by atoms with van der Waals surface area (Å²) in [5.41, 5.74) is 3.78. The molecule has 0 spiro atoms. The SMILES string of the molecule is C=C/C=C(\NC)c1ncc(F)c2c(-c3ccc(C(C)=O)cc3)cc(N3CCOCC3C)nc12. The topological polar surface area (TPSA) is 67.4 Å². The molecule has 4 rings (SSSR count). The number of fused-ring (bicyclic) bond motifs is 1. The minimum Gasteiger partial charge on any atom is -0.386 e. The van der Waals surface area contributed by atoms with Crippen molar-refractivity contribution in [3.05, 3.63) is 72.3 Å². The number of benzene rings is 1. The van der Waals surface area contributed by atoms with Gasteiger partial charge in [0.2, 0.25) is 0 Å². The van der Waals surface area contributed by atoms with Gasteiger partial charge in [0.15, 0.2) is 11.6 Å². The normalized spacial score (nSPS) is 16.7. The summed E-state index contributed by atoms with van der Waals surface area (Å²) in [6, 6.07) is 9.24. The van der Waals surface area contributed by atoms with Gasteiger partial charge in [-0.25, -0.2) is 14.4 Å². The van der Waals surface area contributed by atoms with Gasteiger partial charge >= 0.3 is 0 Å². The number of anilines is 1. The van der Waals surface area contributed by atoms with Crippen molar-refractivity contribution < 1.29 is 13.9 Å². The molecule has 1 aliphatic heterocycles. The van der Waals surface area contributed by atoms with Crippen molar-refractivity contribution in [2.24, 2.45) is 0 Å². The molecule has 1 atom stereocenters. The predicted octanol–water partition coefficient (Wildman–Crippen LogP) is 4.61. The molecule has 3 aromatic rings. The molecule has 1 fully saturated rings. The number of Topliss-reactive ketones (excluding diaryl/α,β-unsaturated/α-hetero) is 1. The number of hydrogen-bond donors (Lipinski definition) is 1. The third kappa shape index (κ3) is 4.36. The highest BCUT2D eigenvalue weighted by Crippen LogP contribution is 2.36. The van der Waals surface area contributed by atoms with E-state index in [1.165, 1.54) is 13.1 Å². The maximum absolute atomic E-state index is 15.3. The van der Waals surface area contributed by atoms with Crippen LogP contribution in [0.1, 0.15) is 29.9 Å². The lowest BCUT2D eigenvalue weighted by molar-refractivity contribution is 0.0985. The van der Waals surface area contributed by atoms with E-state index in [-0.39, 0.29) is 11.8 Å². The van der Waals surface area contributed by atoms with Gasteiger partial charge in [-0.3, -0.25) is 4.79 Å². The summed E-state index contributed by atoms with van der Waals surface area (Å²) < 4.78 is 20.9. The molecule has 6 nitrogen and oxygen atoms in total. The van der Waals surface area contributed by atoms with Crippen LogP contribution in [0.25, 0.3) is 27.7 Å². The van der Waals surface area contributed by atoms with Gasteiger partial charge in [0.25, 0.3) is 0 Å². The molecule has 1 aliphatic rings. The highest BCUT2D eigenvalue weighted by Gasteiger charge is 2.24. The number of morpholine rings is 1. The summed E-state index contributed by atoms with van der Waals surface area (Å²) in [7, 11) is 1.78. The van der Waals surface area contributed by atoms with Gasteiger partial charge in [-0.1, -0.05) is 36.9 Å². The number of allylic oxidation sites excluding steroid dienone is 2. The van der Waals surface area contributed by atoms with Gasteiger partial charge in [-0.05, 0) is 37.1 Å². The third-order valence-electron chi connectivity index (χ3n) is 5.85. The molecule has 0 radical (unpaired) electrons. The first-order valence-electron chi connectivity index (χ1n) is 10.9. The molecule has 7 heteroatoms. The van der Waals surface area contributed by atoms with Crippen molar-refractivity contribution in [2.45, 2.75) is 19.9 Å². The smallest absolute Gasteiger partial charge is 0.159 e. The third-order valence-corrected chi connectivity index (χ3v) is 5.85. The van der Waals surface area contributed by atoms with E-state index in [0.29, 0.717) is 53.2 Å². The number of rotatable bonds is 6. The highest BCUT2D eigenvalue weighted by molar-refractivity contribution is 6.01. The number of ketones is 1. The number of carbonyl (C=O) groups is 1. The largest absolute Gasteiger partial charge is 0.386 e. The monoisotopic (exact) mass is 446 g/mol. The van der Waals surface area contributed by atoms with Crippen LogP contribution in [0.3, 0.4) is 0 Å². The van der Waals surface area contributed by atoms with E-state index in [9.17, 15) is 4.79 Å². The lowest BCUT2D eigenvalue weighted by Gasteiger charge is -2.34. The Kier molecular flexibility index (Phi) is 6.51. The summed E-state index contributed by atoms with van der Waals surface area (Å²) >= 11 is 0. The molecule has 0 aliphatic carbocycles. The summed E-state index contributed by atoms with van der Waals surface area (Å²) in [4.78, 5) is 23.2. The second kappa shape index (κ2) is 9.50. The molecule has 33 heavy (non-hydrogen) atoms. The second-order valence-corrected chi connectivity index (χ2v) is 8.02. The van der Waals surface area contributed by atoms with Crippen LogP contribution in [-0.4, -0.2) is 48.6 Å². The van der Waals surface area contributed by atoms with Gasteiger partial charge in [0.05, 0.1) is 31.1 Å². The van der Waals surface area contributed by atoms with E-state index in [2.05, 4.69) is 28.7 Å². The second-order valence-electron chi connectivity index (χ2n) is 8.02. The van der Waals surface area contributed by atoms with E-state index in [0.717, 1.165) is 11.4 Å². The fourth-order valence-electron chi connectivity index (χ4n) is 4.11. The maximum Gasteiger partial charge on any atom is 0.159 e. The van der Waals surface area contributed by atoms with Crippen LogP contribution in [0.15, 0.2) is 55.3 Å². The maximum atomic E-state index is 15.3. The molecule has 1 saturated heterocycles. The zero-order valence-electron chi connectivity index (χ0n) is 19.1. The standard InChI is InChI=1S/C26H27FN4O2/c1-5-6-22(28-4)25-26-24(21(27)14-29-25)20(19-9-7-18(8-10-19)17(3)32)13-23(30-26)31-11-12-33-15-16(31)2/h5-10,13-14,16,28H,1,11-12,15H2,2-4H3/b22-6-. The van der Waals surface area contributed by atoms with E-state index >= 15 is 4.39 Å². The molecule has 0 saturated carbocycles. The van der Waals surface area contributed by atoms with Gasteiger partial charge in [-0.15, -0.1) is 0 Å². The summed E-state index contributed by atoms with van der Waals surface area (Å²) in [6.45, 7) is 9.24. The number of halogens is 1. The van der Waals surface area contributed by atoms with Gasteiger partial charge in [0.1, 0.15) is 17.0 Å². The highest BCUT2D eigenvalue weighted by atomic mass is 19.1. The molecular formula is C26H27FN4O2. The zero-order chi connectivity index (χ0) is 23.5. The molecule has 0 bridgehead atoms. The van der Waals surface area contributed by atoms with Crippen molar-refractivity contribution in [3.63, 3.8) is 0 Å². The van der Waals surface area contributed by atoms with Crippen LogP contribution in [0.5, 0.6) is 0 Å². The first kappa shape index (κ1) is 22.6. The number of nitrogens with zero attached hydrogens (tertiary/aromatic N) is 3. The minimum absolute atomic E-state index is 0.0186. The number of pyridine rings is 2. The van der Waals surface area contributed by atoms with Gasteiger partial charge < -0.3 is 15.0 Å². The van der Waals surface area contributed by atoms with Crippen LogP contribution in [0, 0.1) is 5.82 Å². The Morgan fingerprint density at radius 1 is 1.33 bits per heavy atom. The molecule has 1 aromatic carbocycles. The minimum atomic E-state index is -0.456. The Morgan fingerprint density at radius 3 is 2.73 bits per heavy atom. The Bertz CT molecular complexity index is 1240. The number of nitrogens with one attached hydrogen (secondary N) is 1. The van der Waals surface area contributed by atoms with Crippen LogP contribution in [0.4, 0.5) is 10.2 Å². The molecule has 170 valence electrons. The quantitative estimate of drug-likeness (QED) is 0.441. The van der Waals surface area contributed by atoms with Crippen molar-refractivity contribution in [3.8, 4) is 11.1 Å². The fraction of sp³-hybridized carbons (Fsp3) is 0.269. The van der Waals surface area contributed by atoms with Crippen LogP contribution in [0.2, 0.25) is 0 Å². The van der Waals surface area contributed by atoms with Gasteiger partial charge in [0, 0.05) is 24.5 Å². The first-order chi connectivity index (χ1) is 15.9. The number of carbonyl (C=O) groups excluding carboxylic acids is 1. The van der Waals surface area contributed by atoms with Crippen LogP contribution < -0.4 is 10.2 Å². The van der Waals surface area contributed by atoms with Crippen molar-refractivity contribution >= 4 is 28.2 Å². The van der Waals surface area contributed by atoms with Crippen molar-refractivity contribution in [2.75, 3.05) is 31.7 Å². The first-order valence-corrected chi connectivity index (χ1v) is 10.9. The molecule has 1 unspecified atom stereocenters. The van der Waals surface area contributed by atoms with Crippen LogP contribution in [-0.2, 0) is 4.74 Å². The molecule has 2 aromatic heterocycles. The number of aromatic nitrogens is 2. The molecular weight excluding hydrogens is 419 g/mol. The van der Waals surface area contributed by atoms with E-state index in [4.69, 9.17) is 9.72 Å². The lowest BCUT2D eigenvalue weighted by atomic mass is 9.98. The number of hydrogen-bond acceptors (Lipinski definition) is 6. The summed E-state index contributed by atoms with van der Waals surface area (Å²) in [5.74, 6) is 0.254. The fourth-order valence-corrected chi connectivity index (χ4v) is 4.11. The van der Waals surface area contributed by atoms with Crippen LogP contribution >= 0.6 is 0 Å². The Labute approximate surface area is 192 Å². The average molecular weight is 447 g/mol. The van der Waals surface area contributed by atoms with E-state index < -0.39 is 5.82 Å². The van der Waals surface area contributed by atoms with Crippen molar-refractivity contribution in [1.29, 1.82) is 0 Å². The van der Waals surface area contributed by atoms with Gasteiger partial charge in [-0.2, -0.15) is 0 Å². The summed E-state index contributed by atoms with van der Waals surface area (Å²) in [6.07, 6.45) is 4.66. The molecule has 3 heterocycles. The average Bonchev–Trinajstić information content (AvgIpc) is 2.83. The molecule has 1 N–H and O–H groups in total. The van der Waals surface area contributed by atoms with E-state index in [1.807, 2.05) is 18.2 Å². The Hall–Kier alpha value is -3.58. The summed E-state index contributed by atoms with van der Waals surface area (Å²) in [5, 5.41) is 3.49. The molecule has 0 amide bonds. The Balaban J connectivity index is 2.03. The number of ether oxygens (including phenoxy) is 1. The predicted molar refractivity (Wildman–Crippen MR) is 130 cm³/mol. The lowest BCUT2D eigenvalue weighted by Crippen LogP contribution is -2.44. The van der Waals surface area contributed by atoms with E-state index in [1.54, 1.807) is 31.3 Å². The Morgan fingerprint density at radius 2 is 2.09 bits per heavy atom.